The fourth-order valence-electron chi connectivity index (χ4n) is 7.96. The molecule has 6 rings (SSSR count). The Hall–Kier alpha value is -4.35. The Morgan fingerprint density at radius 2 is 1.30 bits per heavy atom. The lowest BCUT2D eigenvalue weighted by molar-refractivity contribution is -0.436. The van der Waals surface area contributed by atoms with Crippen molar-refractivity contribution in [1.82, 2.24) is 0 Å². The minimum Gasteiger partial charge on any atom is -0.343 e. The number of anilines is 1. The van der Waals surface area contributed by atoms with Crippen LogP contribution in [0.15, 0.2) is 121 Å². The van der Waals surface area contributed by atoms with Crippen LogP contribution in [-0.2, 0) is 31.0 Å². The maximum Gasteiger partial charge on any atom is 0.264 e. The molecule has 2 aliphatic heterocycles. The lowest BCUT2D eigenvalue weighted by Crippen LogP contribution is -2.28. The number of nitrogens with zero attached hydrogens (tertiary/aromatic N) is 2. The number of fused-ring (bicyclic) bond motifs is 6. The van der Waals surface area contributed by atoms with Crippen LogP contribution >= 0.6 is 0 Å². The Morgan fingerprint density at radius 1 is 0.698 bits per heavy atom. The van der Waals surface area contributed by atoms with Crippen molar-refractivity contribution in [3.63, 3.8) is 0 Å². The van der Waals surface area contributed by atoms with Crippen molar-refractivity contribution in [1.29, 1.82) is 4.78 Å². The summed E-state index contributed by atoms with van der Waals surface area (Å²) in [7, 11) is -7.53. The molecule has 4 aromatic rings. The van der Waals surface area contributed by atoms with Gasteiger partial charge in [0.25, 0.3) is 10.1 Å². The molecule has 1 unspecified atom stereocenters. The second-order valence-corrected chi connectivity index (χ2v) is 18.3. The van der Waals surface area contributed by atoms with Crippen molar-refractivity contribution in [2.24, 2.45) is 0 Å². The molecule has 0 aromatic heterocycles. The summed E-state index contributed by atoms with van der Waals surface area (Å²) in [6.07, 6.45) is 16.6. The molecular formula is C43H50N3O5S2+. The van der Waals surface area contributed by atoms with Crippen molar-refractivity contribution in [3.8, 4) is 0 Å². The van der Waals surface area contributed by atoms with E-state index in [1.54, 1.807) is 0 Å². The summed E-state index contributed by atoms with van der Waals surface area (Å²) in [6, 6.07) is 25.5. The molecule has 10 heteroatoms. The lowest BCUT2D eigenvalue weighted by atomic mass is 9.80. The molecule has 8 nitrogen and oxygen atoms in total. The lowest BCUT2D eigenvalue weighted by Gasteiger charge is -2.27. The molecule has 2 aliphatic rings. The Labute approximate surface area is 314 Å². The van der Waals surface area contributed by atoms with Gasteiger partial charge in [-0.05, 0) is 61.6 Å². The number of nitrogens with one attached hydrogen (secondary N) is 1. The van der Waals surface area contributed by atoms with Crippen LogP contribution in [0.25, 0.3) is 21.5 Å². The highest BCUT2D eigenvalue weighted by molar-refractivity contribution is 7.86. The van der Waals surface area contributed by atoms with E-state index in [1.807, 2.05) is 42.5 Å². The monoisotopic (exact) mass is 752 g/mol. The minimum atomic E-state index is -4.01. The highest BCUT2D eigenvalue weighted by atomic mass is 32.2. The van der Waals surface area contributed by atoms with E-state index in [-0.39, 0.29) is 22.3 Å². The van der Waals surface area contributed by atoms with Gasteiger partial charge in [-0.2, -0.15) is 13.0 Å². The highest BCUT2D eigenvalue weighted by Crippen LogP contribution is 2.51. The standard InChI is InChI=1S/C43H49N3O5S2/c1-42(2)36-26-24-32-18-10-12-20-34(32)40(36)45(28-14-16-30-52(44,47)48)38(42)22-8-6-5-7-9-23-39-43(3,4)37-27-25-33-19-11-13-21-35(33)41(37)46(39)29-15-17-31-53(49,50)51/h5-13,18-27H,14-17,28-31H2,1-4H3,(H2-,44,47,48,49,50,51)/p+1. The first-order valence-electron chi connectivity index (χ1n) is 18.2. The van der Waals surface area contributed by atoms with Gasteiger partial charge in [-0.25, -0.2) is 8.99 Å². The third kappa shape index (κ3) is 8.26. The first-order chi connectivity index (χ1) is 25.1. The zero-order chi connectivity index (χ0) is 38.0. The molecule has 4 aromatic carbocycles. The average Bonchev–Trinajstić information content (AvgIpc) is 3.45. The second-order valence-electron chi connectivity index (χ2n) is 15.0. The molecule has 0 saturated carbocycles. The number of rotatable bonds is 14. The van der Waals surface area contributed by atoms with Crippen LogP contribution in [0.3, 0.4) is 0 Å². The van der Waals surface area contributed by atoms with Crippen molar-refractivity contribution in [3.05, 3.63) is 132 Å². The Bertz CT molecular complexity index is 2420. The summed E-state index contributed by atoms with van der Waals surface area (Å²) in [4.78, 5) is 2.35. The second kappa shape index (κ2) is 15.2. The maximum absolute atomic E-state index is 11.6. The predicted octanol–water partition coefficient (Wildman–Crippen LogP) is 9.69. The minimum absolute atomic E-state index is 0.0330. The Morgan fingerprint density at radius 3 is 2.00 bits per heavy atom. The van der Waals surface area contributed by atoms with E-state index in [2.05, 4.69) is 110 Å². The van der Waals surface area contributed by atoms with E-state index in [9.17, 15) is 21.7 Å². The van der Waals surface area contributed by atoms with Crippen molar-refractivity contribution >= 4 is 58.8 Å². The van der Waals surface area contributed by atoms with Crippen LogP contribution in [-0.4, -0.2) is 56.6 Å². The van der Waals surface area contributed by atoms with E-state index < -0.39 is 20.1 Å². The van der Waals surface area contributed by atoms with Gasteiger partial charge in [0.2, 0.25) is 5.69 Å². The van der Waals surface area contributed by atoms with Gasteiger partial charge in [0.05, 0.1) is 28.0 Å². The number of hydrogen-bond acceptors (Lipinski definition) is 5. The van der Waals surface area contributed by atoms with Gasteiger partial charge in [-0.1, -0.05) is 111 Å². The average molecular weight is 753 g/mol. The molecule has 1 atom stereocenters. The molecule has 0 radical (unpaired) electrons. The molecule has 0 aliphatic carbocycles. The molecule has 53 heavy (non-hydrogen) atoms. The van der Waals surface area contributed by atoms with E-state index in [1.165, 1.54) is 27.6 Å². The molecule has 278 valence electrons. The van der Waals surface area contributed by atoms with Gasteiger partial charge in [0.15, 0.2) is 15.7 Å². The van der Waals surface area contributed by atoms with E-state index >= 15 is 0 Å². The summed E-state index contributed by atoms with van der Waals surface area (Å²) < 4.78 is 63.0. The van der Waals surface area contributed by atoms with Crippen molar-refractivity contribution < 1.29 is 26.3 Å². The summed E-state index contributed by atoms with van der Waals surface area (Å²) in [5.41, 5.74) is 6.53. The van der Waals surface area contributed by atoms with Crippen LogP contribution in [0, 0.1) is 4.78 Å². The molecule has 0 spiro atoms. The summed E-state index contributed by atoms with van der Waals surface area (Å²) >= 11 is 0. The van der Waals surface area contributed by atoms with Crippen molar-refractivity contribution in [2.45, 2.75) is 64.2 Å². The summed E-state index contributed by atoms with van der Waals surface area (Å²) in [5.74, 6) is -0.284. The van der Waals surface area contributed by atoms with Crippen molar-refractivity contribution in [2.75, 3.05) is 29.5 Å². The normalized spacial score (nSPS) is 18.7. The molecule has 0 amide bonds. The third-order valence-corrected chi connectivity index (χ3v) is 12.2. The number of hydrogen-bond donors (Lipinski definition) is 3. The quantitative estimate of drug-likeness (QED) is 0.0511. The maximum atomic E-state index is 11.6. The number of benzene rings is 4. The van der Waals surface area contributed by atoms with E-state index in [0.717, 1.165) is 27.9 Å². The fraction of sp³-hybridized carbons (Fsp3) is 0.326. The molecule has 0 bridgehead atoms. The molecular weight excluding hydrogens is 703 g/mol. The van der Waals surface area contributed by atoms with Crippen LogP contribution in [0.5, 0.6) is 0 Å². The number of allylic oxidation sites excluding steroid dienone is 8. The highest BCUT2D eigenvalue weighted by Gasteiger charge is 2.45. The third-order valence-electron chi connectivity index (χ3n) is 10.6. The molecule has 0 saturated heterocycles. The zero-order valence-corrected chi connectivity index (χ0v) is 32.6. The van der Waals surface area contributed by atoms with Gasteiger partial charge in [-0.3, -0.25) is 4.55 Å². The smallest absolute Gasteiger partial charge is 0.264 e. The predicted molar refractivity (Wildman–Crippen MR) is 220 cm³/mol. The first-order valence-corrected chi connectivity index (χ1v) is 21.5. The molecule has 3 N–H and O–H groups in total. The fourth-order valence-corrected chi connectivity index (χ4v) is 9.13. The van der Waals surface area contributed by atoms with Crippen LogP contribution in [0.4, 0.5) is 11.4 Å². The largest absolute Gasteiger partial charge is 0.343 e. The van der Waals surface area contributed by atoms with Gasteiger partial charge < -0.3 is 9.45 Å². The molecule has 2 heterocycles. The SMILES string of the molecule is CC1(C)C(/C=C/C=C/C=C/C=C2/N(CCCCS(=N)(=O)O)c3c(ccc4ccccc34)C2(C)C)=[N+](CCCCS(=O)(=O)O)c2c1ccc1ccccc21. The zero-order valence-electron chi connectivity index (χ0n) is 31.0. The first kappa shape index (κ1) is 38.4. The van der Waals surface area contributed by atoms with Crippen LogP contribution in [0.2, 0.25) is 0 Å². The van der Waals surface area contributed by atoms with E-state index in [4.69, 9.17) is 4.78 Å². The summed E-state index contributed by atoms with van der Waals surface area (Å²) in [6.45, 7) is 10.2. The topological polar surface area (TPSA) is 122 Å². The summed E-state index contributed by atoms with van der Waals surface area (Å²) in [5, 5.41) is 4.65. The Balaban J connectivity index is 1.26. The van der Waals surface area contributed by atoms with Gasteiger partial charge >= 0.3 is 0 Å². The van der Waals surface area contributed by atoms with Gasteiger partial charge in [0.1, 0.15) is 6.54 Å². The van der Waals surface area contributed by atoms with Crippen LogP contribution < -0.4 is 4.90 Å². The molecule has 0 fully saturated rings. The Kier molecular flexibility index (Phi) is 11.0. The number of unbranched alkanes of at least 4 members (excludes halogenated alkanes) is 2. The van der Waals surface area contributed by atoms with Gasteiger partial charge in [0, 0.05) is 41.1 Å². The van der Waals surface area contributed by atoms with Crippen LogP contribution in [0.1, 0.15) is 64.5 Å². The van der Waals surface area contributed by atoms with E-state index in [0.29, 0.717) is 38.8 Å². The van der Waals surface area contributed by atoms with Gasteiger partial charge in [-0.15, -0.1) is 0 Å².